The summed E-state index contributed by atoms with van der Waals surface area (Å²) in [4.78, 5) is 0. The molecule has 0 heterocycles. The van der Waals surface area contributed by atoms with Gasteiger partial charge in [0.05, 0.1) is 0 Å². The van der Waals surface area contributed by atoms with Crippen LogP contribution in [0.2, 0.25) is 0 Å². The Balaban J connectivity index is 1.66. The fraction of sp³-hybridized carbons (Fsp3) is 0.909. The van der Waals surface area contributed by atoms with E-state index in [0.717, 1.165) is 5.92 Å². The van der Waals surface area contributed by atoms with Crippen LogP contribution >= 0.6 is 0 Å². The van der Waals surface area contributed by atoms with Gasteiger partial charge in [0.15, 0.2) is 0 Å². The first-order valence-electron chi connectivity index (χ1n) is 5.21. The maximum absolute atomic E-state index is 2.28. The molecule has 0 N–H and O–H groups in total. The molecule has 1 fully saturated rings. The van der Waals surface area contributed by atoms with Crippen molar-refractivity contribution < 1.29 is 0 Å². The van der Waals surface area contributed by atoms with E-state index in [0.29, 0.717) is 0 Å². The Bertz CT molecular complexity index is 82.0. The molecular formula is C11H21. The fourth-order valence-electron chi connectivity index (χ4n) is 1.54. The molecule has 0 aliphatic heterocycles. The van der Waals surface area contributed by atoms with E-state index in [2.05, 4.69) is 13.3 Å². The quantitative estimate of drug-likeness (QED) is 0.486. The second-order valence-corrected chi connectivity index (χ2v) is 3.84. The molecular weight excluding hydrogens is 132 g/mol. The largest absolute Gasteiger partial charge is 0.0623 e. The van der Waals surface area contributed by atoms with Crippen LogP contribution in [0.4, 0.5) is 0 Å². The van der Waals surface area contributed by atoms with Gasteiger partial charge in [-0.15, -0.1) is 0 Å². The van der Waals surface area contributed by atoms with E-state index < -0.39 is 0 Å². The van der Waals surface area contributed by atoms with Gasteiger partial charge in [-0.1, -0.05) is 58.3 Å². The van der Waals surface area contributed by atoms with E-state index in [-0.39, 0.29) is 0 Å². The second-order valence-electron chi connectivity index (χ2n) is 3.84. The third-order valence-electron chi connectivity index (χ3n) is 2.55. The average Bonchev–Trinajstić information content (AvgIpc) is 2.80. The molecule has 0 atom stereocenters. The Morgan fingerprint density at radius 3 is 2.45 bits per heavy atom. The fourth-order valence-corrected chi connectivity index (χ4v) is 1.54. The SMILES string of the molecule is C[CH]CCCCCCC1CC1. The van der Waals surface area contributed by atoms with Crippen LogP contribution in [-0.4, -0.2) is 0 Å². The minimum absolute atomic E-state index is 1.15. The third-order valence-corrected chi connectivity index (χ3v) is 2.55. The zero-order valence-electron chi connectivity index (χ0n) is 7.81. The van der Waals surface area contributed by atoms with Crippen LogP contribution in [-0.2, 0) is 0 Å². The highest BCUT2D eigenvalue weighted by Gasteiger charge is 2.19. The molecule has 0 amide bonds. The minimum Gasteiger partial charge on any atom is -0.0623 e. The van der Waals surface area contributed by atoms with Gasteiger partial charge < -0.3 is 0 Å². The van der Waals surface area contributed by atoms with Gasteiger partial charge in [0, 0.05) is 0 Å². The normalized spacial score (nSPS) is 17.2. The predicted molar refractivity (Wildman–Crippen MR) is 50.4 cm³/mol. The molecule has 1 saturated carbocycles. The van der Waals surface area contributed by atoms with Crippen molar-refractivity contribution in [3.8, 4) is 0 Å². The highest BCUT2D eigenvalue weighted by molar-refractivity contribution is 4.72. The summed E-state index contributed by atoms with van der Waals surface area (Å²) in [5.41, 5.74) is 0. The summed E-state index contributed by atoms with van der Waals surface area (Å²) in [6.45, 7) is 2.16. The van der Waals surface area contributed by atoms with Gasteiger partial charge in [0.1, 0.15) is 0 Å². The lowest BCUT2D eigenvalue weighted by Crippen LogP contribution is -1.80. The van der Waals surface area contributed by atoms with Crippen molar-refractivity contribution in [1.29, 1.82) is 0 Å². The van der Waals surface area contributed by atoms with E-state index in [4.69, 9.17) is 0 Å². The highest BCUT2D eigenvalue weighted by Crippen LogP contribution is 2.34. The van der Waals surface area contributed by atoms with Gasteiger partial charge >= 0.3 is 0 Å². The molecule has 1 rings (SSSR count). The third kappa shape index (κ3) is 5.29. The monoisotopic (exact) mass is 153 g/mol. The van der Waals surface area contributed by atoms with Crippen LogP contribution in [0, 0.1) is 12.3 Å². The molecule has 1 aliphatic rings. The molecule has 11 heavy (non-hydrogen) atoms. The van der Waals surface area contributed by atoms with Crippen LogP contribution < -0.4 is 0 Å². The average molecular weight is 153 g/mol. The van der Waals surface area contributed by atoms with Crippen LogP contribution in [0.15, 0.2) is 0 Å². The molecule has 0 unspecified atom stereocenters. The van der Waals surface area contributed by atoms with Crippen molar-refractivity contribution in [1.82, 2.24) is 0 Å². The molecule has 0 saturated heterocycles. The summed E-state index contributed by atoms with van der Waals surface area (Å²) in [5.74, 6) is 1.15. The first-order chi connectivity index (χ1) is 5.43. The highest BCUT2D eigenvalue weighted by atomic mass is 14.2. The lowest BCUT2D eigenvalue weighted by molar-refractivity contribution is 0.583. The van der Waals surface area contributed by atoms with Crippen molar-refractivity contribution in [2.75, 3.05) is 0 Å². The van der Waals surface area contributed by atoms with E-state index >= 15 is 0 Å². The van der Waals surface area contributed by atoms with Gasteiger partial charge in [0.2, 0.25) is 0 Å². The van der Waals surface area contributed by atoms with Gasteiger partial charge in [-0.25, -0.2) is 0 Å². The van der Waals surface area contributed by atoms with E-state index in [9.17, 15) is 0 Å². The smallest absolute Gasteiger partial charge is 0.0414 e. The van der Waals surface area contributed by atoms with Gasteiger partial charge in [0.25, 0.3) is 0 Å². The molecule has 1 aliphatic carbocycles. The Labute approximate surface area is 71.4 Å². The maximum atomic E-state index is 2.28. The second kappa shape index (κ2) is 5.62. The standard InChI is InChI=1S/C11H21/c1-2-3-4-5-6-7-8-11-9-10-11/h2,11H,3-10H2,1H3. The zero-order valence-corrected chi connectivity index (χ0v) is 7.81. The molecule has 0 nitrogen and oxygen atoms in total. The van der Waals surface area contributed by atoms with Crippen LogP contribution in [0.5, 0.6) is 0 Å². The van der Waals surface area contributed by atoms with Gasteiger partial charge in [-0.2, -0.15) is 0 Å². The molecule has 0 spiro atoms. The van der Waals surface area contributed by atoms with Crippen molar-refractivity contribution in [3.05, 3.63) is 6.42 Å². The molecule has 0 heteroatoms. The van der Waals surface area contributed by atoms with Crippen molar-refractivity contribution >= 4 is 0 Å². The summed E-state index contributed by atoms with van der Waals surface area (Å²) >= 11 is 0. The van der Waals surface area contributed by atoms with E-state index in [1.54, 1.807) is 0 Å². The Hall–Kier alpha value is 0. The minimum atomic E-state index is 1.15. The lowest BCUT2D eigenvalue weighted by atomic mass is 10.1. The van der Waals surface area contributed by atoms with Crippen LogP contribution in [0.3, 0.4) is 0 Å². The Morgan fingerprint density at radius 1 is 1.09 bits per heavy atom. The van der Waals surface area contributed by atoms with Gasteiger partial charge in [-0.05, 0) is 12.3 Å². The number of hydrogen-bond acceptors (Lipinski definition) is 0. The van der Waals surface area contributed by atoms with E-state index in [1.165, 1.54) is 51.4 Å². The van der Waals surface area contributed by atoms with Crippen molar-refractivity contribution in [2.45, 2.75) is 58.3 Å². The summed E-state index contributed by atoms with van der Waals surface area (Å²) in [6, 6.07) is 0. The molecule has 0 aromatic heterocycles. The number of unbranched alkanes of at least 4 members (excludes halogenated alkanes) is 5. The van der Waals surface area contributed by atoms with Crippen molar-refractivity contribution in [2.24, 2.45) is 5.92 Å². The Kier molecular flexibility index (Phi) is 4.65. The summed E-state index contributed by atoms with van der Waals surface area (Å²) < 4.78 is 0. The molecule has 0 aromatic rings. The number of rotatable bonds is 7. The lowest BCUT2D eigenvalue weighted by Gasteiger charge is -1.98. The molecule has 65 valence electrons. The van der Waals surface area contributed by atoms with Crippen LogP contribution in [0.25, 0.3) is 0 Å². The topological polar surface area (TPSA) is 0 Å². The molecule has 0 aromatic carbocycles. The maximum Gasteiger partial charge on any atom is -0.0414 e. The summed E-state index contributed by atoms with van der Waals surface area (Å²) in [5, 5.41) is 0. The summed E-state index contributed by atoms with van der Waals surface area (Å²) in [7, 11) is 0. The van der Waals surface area contributed by atoms with E-state index in [1.807, 2.05) is 0 Å². The number of hydrogen-bond donors (Lipinski definition) is 0. The van der Waals surface area contributed by atoms with Crippen LogP contribution in [0.1, 0.15) is 58.3 Å². The molecule has 0 bridgehead atoms. The first-order valence-corrected chi connectivity index (χ1v) is 5.21. The van der Waals surface area contributed by atoms with Gasteiger partial charge in [-0.3, -0.25) is 0 Å². The Morgan fingerprint density at radius 2 is 1.82 bits per heavy atom. The first kappa shape index (κ1) is 9.09. The zero-order chi connectivity index (χ0) is 7.94. The summed E-state index contributed by atoms with van der Waals surface area (Å²) in [6.07, 6.45) is 14.0. The van der Waals surface area contributed by atoms with Crippen molar-refractivity contribution in [3.63, 3.8) is 0 Å². The molecule has 1 radical (unpaired) electrons. The predicted octanol–water partition coefficient (Wildman–Crippen LogP) is 3.96.